The fourth-order valence-electron chi connectivity index (χ4n) is 2.57. The Balaban J connectivity index is 1.45. The topological polar surface area (TPSA) is 86.5 Å². The number of fused-ring (bicyclic) bond motifs is 1. The molecule has 0 spiro atoms. The highest BCUT2D eigenvalue weighted by Gasteiger charge is 2.10. The Morgan fingerprint density at radius 2 is 1.96 bits per heavy atom. The minimum absolute atomic E-state index is 0.186. The molecule has 0 bridgehead atoms. The number of rotatable bonds is 4. The zero-order chi connectivity index (χ0) is 16.4. The second-order valence-electron chi connectivity index (χ2n) is 5.47. The van der Waals surface area contributed by atoms with E-state index >= 15 is 0 Å². The minimum Gasteiger partial charge on any atom is -0.347 e. The van der Waals surface area contributed by atoms with Crippen LogP contribution >= 0.6 is 0 Å². The van der Waals surface area contributed by atoms with Gasteiger partial charge in [-0.25, -0.2) is 4.98 Å². The van der Waals surface area contributed by atoms with Gasteiger partial charge in [-0.1, -0.05) is 36.4 Å². The van der Waals surface area contributed by atoms with E-state index in [0.717, 1.165) is 27.9 Å². The lowest BCUT2D eigenvalue weighted by atomic mass is 10.1. The monoisotopic (exact) mass is 317 g/mol. The highest BCUT2D eigenvalue weighted by atomic mass is 16.1. The number of hydrogen-bond donors (Lipinski definition) is 3. The third-order valence-electron chi connectivity index (χ3n) is 3.83. The Morgan fingerprint density at radius 3 is 2.83 bits per heavy atom. The van der Waals surface area contributed by atoms with Gasteiger partial charge in [0.25, 0.3) is 5.91 Å². The van der Waals surface area contributed by atoms with Crippen LogP contribution in [0.4, 0.5) is 0 Å². The van der Waals surface area contributed by atoms with Crippen LogP contribution in [0.15, 0.2) is 60.9 Å². The summed E-state index contributed by atoms with van der Waals surface area (Å²) in [4.78, 5) is 19.5. The first-order chi connectivity index (χ1) is 11.8. The van der Waals surface area contributed by atoms with E-state index < -0.39 is 0 Å². The Labute approximate surface area is 137 Å². The first-order valence-corrected chi connectivity index (χ1v) is 7.60. The summed E-state index contributed by atoms with van der Waals surface area (Å²) in [6, 6.07) is 17.3. The SMILES string of the molecule is O=C(NCc1ccc2nc[nH]c2c1)c1cc(-c2ccccc2)n[nH]1. The number of nitrogens with one attached hydrogen (secondary N) is 3. The average molecular weight is 317 g/mol. The summed E-state index contributed by atoms with van der Waals surface area (Å²) in [5.74, 6) is -0.186. The van der Waals surface area contributed by atoms with Crippen molar-refractivity contribution >= 4 is 16.9 Å². The molecule has 0 fully saturated rings. The molecule has 2 heterocycles. The van der Waals surface area contributed by atoms with Crippen LogP contribution in [-0.2, 0) is 6.54 Å². The van der Waals surface area contributed by atoms with Crippen LogP contribution in [0.5, 0.6) is 0 Å². The van der Waals surface area contributed by atoms with Gasteiger partial charge in [0, 0.05) is 12.1 Å². The van der Waals surface area contributed by atoms with Gasteiger partial charge in [0.05, 0.1) is 23.1 Å². The molecule has 0 atom stereocenters. The maximum atomic E-state index is 12.3. The van der Waals surface area contributed by atoms with Crippen molar-refractivity contribution in [3.8, 4) is 11.3 Å². The summed E-state index contributed by atoms with van der Waals surface area (Å²) in [5, 5.41) is 9.88. The smallest absolute Gasteiger partial charge is 0.269 e. The van der Waals surface area contributed by atoms with E-state index in [1.165, 1.54) is 0 Å². The molecule has 0 unspecified atom stereocenters. The van der Waals surface area contributed by atoms with Gasteiger partial charge in [0.2, 0.25) is 0 Å². The number of aromatic nitrogens is 4. The van der Waals surface area contributed by atoms with Gasteiger partial charge >= 0.3 is 0 Å². The number of carbonyl (C=O) groups is 1. The number of amides is 1. The molecule has 2 aromatic heterocycles. The molecule has 0 saturated carbocycles. The molecule has 2 aromatic carbocycles. The molecule has 3 N–H and O–H groups in total. The number of imidazole rings is 1. The van der Waals surface area contributed by atoms with E-state index in [1.807, 2.05) is 48.5 Å². The van der Waals surface area contributed by atoms with E-state index in [1.54, 1.807) is 12.4 Å². The zero-order valence-electron chi connectivity index (χ0n) is 12.8. The molecule has 0 aliphatic heterocycles. The van der Waals surface area contributed by atoms with Gasteiger partial charge < -0.3 is 10.3 Å². The van der Waals surface area contributed by atoms with Crippen molar-refractivity contribution in [2.75, 3.05) is 0 Å². The minimum atomic E-state index is -0.186. The van der Waals surface area contributed by atoms with Crippen LogP contribution in [0, 0.1) is 0 Å². The van der Waals surface area contributed by atoms with Crippen molar-refractivity contribution in [1.29, 1.82) is 0 Å². The molecular weight excluding hydrogens is 302 g/mol. The van der Waals surface area contributed by atoms with E-state index in [0.29, 0.717) is 12.2 Å². The molecule has 4 aromatic rings. The van der Waals surface area contributed by atoms with Crippen LogP contribution in [0.3, 0.4) is 0 Å². The van der Waals surface area contributed by atoms with E-state index in [9.17, 15) is 4.79 Å². The van der Waals surface area contributed by atoms with Crippen molar-refractivity contribution in [3.05, 3.63) is 72.2 Å². The first-order valence-electron chi connectivity index (χ1n) is 7.60. The fourth-order valence-corrected chi connectivity index (χ4v) is 2.57. The summed E-state index contributed by atoms with van der Waals surface area (Å²) in [6.07, 6.45) is 1.66. The lowest BCUT2D eigenvalue weighted by molar-refractivity contribution is 0.0946. The molecule has 118 valence electrons. The lowest BCUT2D eigenvalue weighted by Crippen LogP contribution is -2.23. The number of aromatic amines is 2. The number of carbonyl (C=O) groups excluding carboxylic acids is 1. The number of hydrogen-bond acceptors (Lipinski definition) is 3. The Morgan fingerprint density at radius 1 is 1.08 bits per heavy atom. The molecular formula is C18H15N5O. The quantitative estimate of drug-likeness (QED) is 0.541. The highest BCUT2D eigenvalue weighted by molar-refractivity contribution is 5.93. The standard InChI is InChI=1S/C18H15N5O/c24-18(17-9-15(22-23-17)13-4-2-1-3-5-13)19-10-12-6-7-14-16(8-12)21-11-20-14/h1-9,11H,10H2,(H,19,24)(H,20,21)(H,22,23). The molecule has 6 heteroatoms. The predicted molar refractivity (Wildman–Crippen MR) is 91.3 cm³/mol. The van der Waals surface area contributed by atoms with Gasteiger partial charge in [-0.15, -0.1) is 0 Å². The summed E-state index contributed by atoms with van der Waals surface area (Å²) in [6.45, 7) is 0.438. The largest absolute Gasteiger partial charge is 0.347 e. The third kappa shape index (κ3) is 2.77. The van der Waals surface area contributed by atoms with Gasteiger partial charge in [-0.3, -0.25) is 9.89 Å². The molecule has 24 heavy (non-hydrogen) atoms. The Kier molecular flexibility index (Phi) is 3.55. The zero-order valence-corrected chi connectivity index (χ0v) is 12.8. The van der Waals surface area contributed by atoms with Crippen LogP contribution in [0.2, 0.25) is 0 Å². The fraction of sp³-hybridized carbons (Fsp3) is 0.0556. The number of nitrogens with zero attached hydrogens (tertiary/aromatic N) is 2. The maximum absolute atomic E-state index is 12.3. The normalized spacial score (nSPS) is 10.8. The van der Waals surface area contributed by atoms with E-state index in [4.69, 9.17) is 0 Å². The predicted octanol–water partition coefficient (Wildman–Crippen LogP) is 2.88. The molecule has 1 amide bonds. The lowest BCUT2D eigenvalue weighted by Gasteiger charge is -2.03. The second-order valence-corrected chi connectivity index (χ2v) is 5.47. The molecule has 0 aliphatic rings. The summed E-state index contributed by atoms with van der Waals surface area (Å²) in [5.41, 5.74) is 5.03. The van der Waals surface area contributed by atoms with Crippen LogP contribution in [-0.4, -0.2) is 26.1 Å². The van der Waals surface area contributed by atoms with Gasteiger partial charge in [-0.2, -0.15) is 5.10 Å². The van der Waals surface area contributed by atoms with E-state index in [-0.39, 0.29) is 5.91 Å². The van der Waals surface area contributed by atoms with Crippen molar-refractivity contribution in [3.63, 3.8) is 0 Å². The summed E-state index contributed by atoms with van der Waals surface area (Å²) < 4.78 is 0. The molecule has 0 radical (unpaired) electrons. The van der Waals surface area contributed by atoms with Crippen molar-refractivity contribution in [2.45, 2.75) is 6.54 Å². The summed E-state index contributed by atoms with van der Waals surface area (Å²) >= 11 is 0. The molecule has 6 nitrogen and oxygen atoms in total. The second kappa shape index (κ2) is 6.00. The Hall–Kier alpha value is -3.41. The van der Waals surface area contributed by atoms with Gasteiger partial charge in [-0.05, 0) is 23.8 Å². The van der Waals surface area contributed by atoms with Crippen molar-refractivity contribution in [1.82, 2.24) is 25.5 Å². The highest BCUT2D eigenvalue weighted by Crippen LogP contribution is 2.17. The Bertz CT molecular complexity index is 987. The van der Waals surface area contributed by atoms with Crippen LogP contribution < -0.4 is 5.32 Å². The van der Waals surface area contributed by atoms with Crippen LogP contribution in [0.1, 0.15) is 16.1 Å². The molecule has 0 aliphatic carbocycles. The van der Waals surface area contributed by atoms with Gasteiger partial charge in [0.1, 0.15) is 5.69 Å². The van der Waals surface area contributed by atoms with E-state index in [2.05, 4.69) is 25.5 Å². The first kappa shape index (κ1) is 14.2. The number of benzene rings is 2. The third-order valence-corrected chi connectivity index (χ3v) is 3.83. The maximum Gasteiger partial charge on any atom is 0.269 e. The van der Waals surface area contributed by atoms with Crippen molar-refractivity contribution in [2.24, 2.45) is 0 Å². The van der Waals surface area contributed by atoms with Crippen LogP contribution in [0.25, 0.3) is 22.3 Å². The van der Waals surface area contributed by atoms with Gasteiger partial charge in [0.15, 0.2) is 0 Å². The van der Waals surface area contributed by atoms with Crippen molar-refractivity contribution < 1.29 is 4.79 Å². The number of H-pyrrole nitrogens is 2. The molecule has 4 rings (SSSR count). The average Bonchev–Trinajstić information content (AvgIpc) is 3.29. The molecule has 0 saturated heterocycles. The summed E-state index contributed by atoms with van der Waals surface area (Å²) in [7, 11) is 0.